The van der Waals surface area contributed by atoms with E-state index in [-0.39, 0.29) is 12.4 Å². The van der Waals surface area contributed by atoms with Gasteiger partial charge in [0.1, 0.15) is 12.7 Å². The van der Waals surface area contributed by atoms with Crippen LogP contribution < -0.4 is 10.1 Å². The summed E-state index contributed by atoms with van der Waals surface area (Å²) in [5.74, 6) is 2.15. The normalized spacial score (nSPS) is 18.2. The number of rotatable bonds is 6. The lowest BCUT2D eigenvalue weighted by atomic mass is 10.1. The van der Waals surface area contributed by atoms with Crippen LogP contribution >= 0.6 is 11.8 Å². The van der Waals surface area contributed by atoms with Crippen molar-refractivity contribution in [1.82, 2.24) is 5.32 Å². The van der Waals surface area contributed by atoms with Crippen LogP contribution in [0.1, 0.15) is 12.8 Å². The van der Waals surface area contributed by atoms with Gasteiger partial charge in [0.2, 0.25) is 0 Å². The maximum absolute atomic E-state index is 13.3. The molecule has 0 bridgehead atoms. The second kappa shape index (κ2) is 7.72. The Balaban J connectivity index is 1.66. The summed E-state index contributed by atoms with van der Waals surface area (Å²) in [5, 5.41) is 13.2. The average Bonchev–Trinajstić information content (AvgIpc) is 2.45. The molecule has 0 saturated carbocycles. The summed E-state index contributed by atoms with van der Waals surface area (Å²) in [5.41, 5.74) is 0. The number of hydrogen-bond acceptors (Lipinski definition) is 4. The molecule has 1 aromatic rings. The summed E-state index contributed by atoms with van der Waals surface area (Å²) < 4.78 is 18.6. The van der Waals surface area contributed by atoms with Gasteiger partial charge in [-0.15, -0.1) is 0 Å². The minimum Gasteiger partial charge on any atom is -0.488 e. The topological polar surface area (TPSA) is 41.5 Å². The Labute approximate surface area is 117 Å². The van der Waals surface area contributed by atoms with E-state index in [0.717, 1.165) is 12.8 Å². The first-order valence-corrected chi connectivity index (χ1v) is 7.77. The molecule has 1 heterocycles. The summed E-state index contributed by atoms with van der Waals surface area (Å²) in [7, 11) is 0. The van der Waals surface area contributed by atoms with Gasteiger partial charge in [0.25, 0.3) is 0 Å². The summed E-state index contributed by atoms with van der Waals surface area (Å²) in [6.07, 6.45) is 1.67. The number of aliphatic hydroxyl groups is 1. The van der Waals surface area contributed by atoms with Gasteiger partial charge in [-0.05, 0) is 36.5 Å². The van der Waals surface area contributed by atoms with Crippen LogP contribution in [0, 0.1) is 5.82 Å². The second-order valence-corrected chi connectivity index (χ2v) is 5.91. The molecule has 0 spiro atoms. The molecule has 19 heavy (non-hydrogen) atoms. The third kappa shape index (κ3) is 5.01. The van der Waals surface area contributed by atoms with E-state index in [1.807, 2.05) is 11.8 Å². The maximum atomic E-state index is 13.3. The van der Waals surface area contributed by atoms with Gasteiger partial charge < -0.3 is 15.2 Å². The van der Waals surface area contributed by atoms with Crippen molar-refractivity contribution in [2.24, 2.45) is 0 Å². The molecule has 1 aliphatic rings. The molecule has 1 aliphatic heterocycles. The quantitative estimate of drug-likeness (QED) is 0.839. The van der Waals surface area contributed by atoms with E-state index in [1.165, 1.54) is 17.6 Å². The molecule has 0 aliphatic carbocycles. The van der Waals surface area contributed by atoms with Gasteiger partial charge in [-0.2, -0.15) is 11.8 Å². The molecular formula is C14H20FNO2S. The zero-order valence-electron chi connectivity index (χ0n) is 10.8. The van der Waals surface area contributed by atoms with Crippen molar-refractivity contribution in [1.29, 1.82) is 0 Å². The predicted octanol–water partition coefficient (Wildman–Crippen LogP) is 2.05. The van der Waals surface area contributed by atoms with Gasteiger partial charge >= 0.3 is 0 Å². The fourth-order valence-corrected chi connectivity index (χ4v) is 3.12. The largest absolute Gasteiger partial charge is 0.488 e. The molecule has 5 heteroatoms. The molecule has 0 radical (unpaired) electrons. The summed E-state index contributed by atoms with van der Waals surface area (Å²) >= 11 is 1.97. The number of para-hydroxylation sites is 1. The van der Waals surface area contributed by atoms with Crippen LogP contribution in [-0.4, -0.2) is 41.9 Å². The molecule has 0 aromatic heterocycles. The number of nitrogens with one attached hydrogen (secondary N) is 1. The molecule has 1 aromatic carbocycles. The highest BCUT2D eigenvalue weighted by Crippen LogP contribution is 2.17. The highest BCUT2D eigenvalue weighted by atomic mass is 32.2. The fourth-order valence-electron chi connectivity index (χ4n) is 2.01. The van der Waals surface area contributed by atoms with Crippen LogP contribution in [0.25, 0.3) is 0 Å². The van der Waals surface area contributed by atoms with E-state index in [0.29, 0.717) is 12.6 Å². The number of halogens is 1. The van der Waals surface area contributed by atoms with Crippen LogP contribution in [-0.2, 0) is 0 Å². The van der Waals surface area contributed by atoms with E-state index in [4.69, 9.17) is 4.74 Å². The van der Waals surface area contributed by atoms with Gasteiger partial charge in [-0.3, -0.25) is 0 Å². The highest BCUT2D eigenvalue weighted by molar-refractivity contribution is 7.99. The molecule has 1 saturated heterocycles. The maximum Gasteiger partial charge on any atom is 0.165 e. The van der Waals surface area contributed by atoms with Crippen molar-refractivity contribution in [2.45, 2.75) is 25.0 Å². The smallest absolute Gasteiger partial charge is 0.165 e. The third-order valence-electron chi connectivity index (χ3n) is 3.13. The molecule has 1 unspecified atom stereocenters. The predicted molar refractivity (Wildman–Crippen MR) is 76.3 cm³/mol. The molecule has 2 rings (SSSR count). The molecule has 1 atom stereocenters. The van der Waals surface area contributed by atoms with Gasteiger partial charge in [0.05, 0.1) is 0 Å². The standard InChI is InChI=1S/C14H20FNO2S/c15-13-3-1-2-4-14(13)18-10-12(17)9-16-11-5-7-19-8-6-11/h1-4,11-12,16-17H,5-10H2. The van der Waals surface area contributed by atoms with Crippen molar-refractivity contribution in [3.8, 4) is 5.75 Å². The van der Waals surface area contributed by atoms with Gasteiger partial charge in [0, 0.05) is 12.6 Å². The first-order chi connectivity index (χ1) is 9.25. The number of ether oxygens (including phenoxy) is 1. The molecule has 0 amide bonds. The van der Waals surface area contributed by atoms with Crippen LogP contribution in [0.15, 0.2) is 24.3 Å². The Bertz CT molecular complexity index is 385. The minimum atomic E-state index is -0.616. The zero-order chi connectivity index (χ0) is 13.5. The number of benzene rings is 1. The van der Waals surface area contributed by atoms with Crippen molar-refractivity contribution in [3.05, 3.63) is 30.1 Å². The molecule has 2 N–H and O–H groups in total. The number of aliphatic hydroxyl groups excluding tert-OH is 1. The molecule has 106 valence electrons. The Morgan fingerprint density at radius 2 is 2.11 bits per heavy atom. The Kier molecular flexibility index (Phi) is 5.94. The van der Waals surface area contributed by atoms with Crippen molar-refractivity contribution >= 4 is 11.8 Å². The number of hydrogen-bond donors (Lipinski definition) is 2. The number of thioether (sulfide) groups is 1. The lowest BCUT2D eigenvalue weighted by molar-refractivity contribution is 0.101. The molecular weight excluding hydrogens is 265 g/mol. The van der Waals surface area contributed by atoms with Crippen LogP contribution in [0.4, 0.5) is 4.39 Å². The second-order valence-electron chi connectivity index (χ2n) is 4.69. The van der Waals surface area contributed by atoms with Gasteiger partial charge in [-0.25, -0.2) is 4.39 Å². The average molecular weight is 285 g/mol. The van der Waals surface area contributed by atoms with E-state index in [1.54, 1.807) is 18.2 Å². The lowest BCUT2D eigenvalue weighted by Gasteiger charge is -2.24. The highest BCUT2D eigenvalue weighted by Gasteiger charge is 2.15. The van der Waals surface area contributed by atoms with Crippen LogP contribution in [0.3, 0.4) is 0 Å². The van der Waals surface area contributed by atoms with Crippen LogP contribution in [0.5, 0.6) is 5.75 Å². The monoisotopic (exact) mass is 285 g/mol. The van der Waals surface area contributed by atoms with E-state index >= 15 is 0 Å². The first kappa shape index (κ1) is 14.6. The Morgan fingerprint density at radius 3 is 2.84 bits per heavy atom. The Morgan fingerprint density at radius 1 is 1.37 bits per heavy atom. The first-order valence-electron chi connectivity index (χ1n) is 6.62. The molecule has 3 nitrogen and oxygen atoms in total. The Hall–Kier alpha value is -0.780. The SMILES string of the molecule is OC(CNC1CCSCC1)COc1ccccc1F. The minimum absolute atomic E-state index is 0.107. The van der Waals surface area contributed by atoms with Crippen molar-refractivity contribution in [3.63, 3.8) is 0 Å². The summed E-state index contributed by atoms with van der Waals surface area (Å²) in [6.45, 7) is 0.596. The fraction of sp³-hybridized carbons (Fsp3) is 0.571. The van der Waals surface area contributed by atoms with E-state index in [9.17, 15) is 9.50 Å². The van der Waals surface area contributed by atoms with Crippen LogP contribution in [0.2, 0.25) is 0 Å². The van der Waals surface area contributed by atoms with E-state index in [2.05, 4.69) is 5.32 Å². The van der Waals surface area contributed by atoms with E-state index < -0.39 is 11.9 Å². The zero-order valence-corrected chi connectivity index (χ0v) is 11.7. The van der Waals surface area contributed by atoms with Crippen molar-refractivity contribution < 1.29 is 14.2 Å². The lowest BCUT2D eigenvalue weighted by Crippen LogP contribution is -2.39. The van der Waals surface area contributed by atoms with Gasteiger partial charge in [0.15, 0.2) is 11.6 Å². The van der Waals surface area contributed by atoms with Crippen molar-refractivity contribution in [2.75, 3.05) is 24.7 Å². The summed E-state index contributed by atoms with van der Waals surface area (Å²) in [6, 6.07) is 6.72. The molecule has 1 fully saturated rings. The summed E-state index contributed by atoms with van der Waals surface area (Å²) in [4.78, 5) is 0. The third-order valence-corrected chi connectivity index (χ3v) is 4.18. The van der Waals surface area contributed by atoms with Gasteiger partial charge in [-0.1, -0.05) is 12.1 Å².